The van der Waals surface area contributed by atoms with Crippen LogP contribution in [0.4, 0.5) is 0 Å². The molecule has 4 heteroatoms. The summed E-state index contributed by atoms with van der Waals surface area (Å²) >= 11 is 0. The molecular weight excluding hydrogens is 168 g/mol. The van der Waals surface area contributed by atoms with Gasteiger partial charge in [0.25, 0.3) is 5.56 Å². The fourth-order valence-corrected chi connectivity index (χ4v) is 1.76. The minimum atomic E-state index is -0.147. The van der Waals surface area contributed by atoms with Crippen LogP contribution in [0.5, 0.6) is 0 Å². The molecule has 1 aromatic heterocycles. The maximum atomic E-state index is 10.8. The Bertz CT molecular complexity index is 309. The van der Waals surface area contributed by atoms with Crippen LogP contribution in [0.15, 0.2) is 15.4 Å². The van der Waals surface area contributed by atoms with Crippen LogP contribution >= 0.6 is 0 Å². The minimum Gasteiger partial charge on any atom is -0.383 e. The van der Waals surface area contributed by atoms with Crippen LogP contribution in [0.1, 0.15) is 25.0 Å². The highest BCUT2D eigenvalue weighted by Gasteiger charge is 2.14. The highest BCUT2D eigenvalue weighted by Crippen LogP contribution is 2.11. The summed E-state index contributed by atoms with van der Waals surface area (Å²) in [6.07, 6.45) is 4.52. The lowest BCUT2D eigenvalue weighted by Gasteiger charge is -2.21. The number of H-pyrrole nitrogens is 1. The molecular formula is C9H14N2O2. The average Bonchev–Trinajstić information content (AvgIpc) is 2.53. The fraction of sp³-hybridized carbons (Fsp3) is 0.667. The summed E-state index contributed by atoms with van der Waals surface area (Å²) in [5.74, 6) is 0.754. The zero-order valence-electron chi connectivity index (χ0n) is 7.51. The molecule has 72 valence electrons. The molecule has 13 heavy (non-hydrogen) atoms. The van der Waals surface area contributed by atoms with Crippen molar-refractivity contribution in [2.24, 2.45) is 0 Å². The van der Waals surface area contributed by atoms with E-state index in [0.717, 1.165) is 18.7 Å². The third-order valence-electron chi connectivity index (χ3n) is 2.43. The summed E-state index contributed by atoms with van der Waals surface area (Å²) in [5.41, 5.74) is -0.147. The lowest BCUT2D eigenvalue weighted by molar-refractivity contribution is 0.335. The van der Waals surface area contributed by atoms with Crippen molar-refractivity contribution >= 4 is 0 Å². The molecule has 1 atom stereocenters. The van der Waals surface area contributed by atoms with E-state index in [9.17, 15) is 4.79 Å². The number of aromatic amines is 1. The lowest BCUT2D eigenvalue weighted by atomic mass is 10.0. The molecule has 0 spiro atoms. The van der Waals surface area contributed by atoms with Crippen molar-refractivity contribution in [3.05, 3.63) is 22.2 Å². The van der Waals surface area contributed by atoms with Crippen molar-refractivity contribution in [1.29, 1.82) is 0 Å². The summed E-state index contributed by atoms with van der Waals surface area (Å²) < 4.78 is 4.99. The first-order valence-electron chi connectivity index (χ1n) is 4.75. The third kappa shape index (κ3) is 2.21. The van der Waals surface area contributed by atoms with Gasteiger partial charge in [-0.25, -0.2) is 0 Å². The lowest BCUT2D eigenvalue weighted by Crippen LogP contribution is -2.35. The smallest absolute Gasteiger partial charge is 0.280 e. The zero-order valence-corrected chi connectivity index (χ0v) is 7.51. The Kier molecular flexibility index (Phi) is 2.49. The van der Waals surface area contributed by atoms with Gasteiger partial charge in [0.1, 0.15) is 5.76 Å². The van der Waals surface area contributed by atoms with E-state index in [4.69, 9.17) is 4.52 Å². The molecule has 2 rings (SSSR count). The van der Waals surface area contributed by atoms with Crippen molar-refractivity contribution in [1.82, 2.24) is 10.5 Å². The number of piperidine rings is 1. The van der Waals surface area contributed by atoms with Crippen LogP contribution in [0.2, 0.25) is 0 Å². The van der Waals surface area contributed by atoms with Crippen LogP contribution in [0.3, 0.4) is 0 Å². The van der Waals surface area contributed by atoms with E-state index in [2.05, 4.69) is 10.5 Å². The van der Waals surface area contributed by atoms with E-state index >= 15 is 0 Å². The molecule has 1 unspecified atom stereocenters. The first-order chi connectivity index (χ1) is 6.34. The first kappa shape index (κ1) is 8.56. The topological polar surface area (TPSA) is 58.0 Å². The van der Waals surface area contributed by atoms with Crippen LogP contribution in [0, 0.1) is 0 Å². The van der Waals surface area contributed by atoms with Crippen LogP contribution in [-0.4, -0.2) is 17.7 Å². The monoisotopic (exact) mass is 182 g/mol. The molecule has 0 aromatic carbocycles. The van der Waals surface area contributed by atoms with E-state index < -0.39 is 0 Å². The van der Waals surface area contributed by atoms with Gasteiger partial charge in [-0.3, -0.25) is 4.79 Å². The third-order valence-corrected chi connectivity index (χ3v) is 2.43. The molecule has 0 radical (unpaired) electrons. The maximum absolute atomic E-state index is 10.8. The van der Waals surface area contributed by atoms with Gasteiger partial charge in [-0.05, 0) is 19.4 Å². The van der Waals surface area contributed by atoms with Gasteiger partial charge >= 0.3 is 0 Å². The molecule has 1 aromatic rings. The molecule has 2 heterocycles. The van der Waals surface area contributed by atoms with Gasteiger partial charge in [0.05, 0.1) is 0 Å². The van der Waals surface area contributed by atoms with Crippen molar-refractivity contribution in [2.75, 3.05) is 6.54 Å². The van der Waals surface area contributed by atoms with Gasteiger partial charge in [0.2, 0.25) is 0 Å². The molecule has 1 aliphatic heterocycles. The van der Waals surface area contributed by atoms with Crippen LogP contribution in [-0.2, 0) is 6.42 Å². The predicted molar refractivity (Wildman–Crippen MR) is 48.7 cm³/mol. The SMILES string of the molecule is O=c1cc(CC2CCCCN2)o[nH]1. The van der Waals surface area contributed by atoms with E-state index in [1.807, 2.05) is 0 Å². The highest BCUT2D eigenvalue weighted by atomic mass is 16.5. The van der Waals surface area contributed by atoms with Crippen molar-refractivity contribution in [3.63, 3.8) is 0 Å². The van der Waals surface area contributed by atoms with Gasteiger partial charge in [-0.1, -0.05) is 6.42 Å². The maximum Gasteiger partial charge on any atom is 0.280 e. The quantitative estimate of drug-likeness (QED) is 0.706. The molecule has 0 saturated carbocycles. The first-order valence-corrected chi connectivity index (χ1v) is 4.75. The number of nitrogens with one attached hydrogen (secondary N) is 2. The van der Waals surface area contributed by atoms with E-state index in [1.54, 1.807) is 0 Å². The van der Waals surface area contributed by atoms with E-state index in [-0.39, 0.29) is 5.56 Å². The second-order valence-electron chi connectivity index (χ2n) is 3.53. The number of aromatic nitrogens is 1. The predicted octanol–water partition coefficient (Wildman–Crippen LogP) is 0.652. The Labute approximate surface area is 76.3 Å². The fourth-order valence-electron chi connectivity index (χ4n) is 1.76. The second-order valence-corrected chi connectivity index (χ2v) is 3.53. The average molecular weight is 182 g/mol. The molecule has 1 aliphatic rings. The molecule has 0 amide bonds. The Morgan fingerprint density at radius 2 is 2.46 bits per heavy atom. The Morgan fingerprint density at radius 3 is 3.08 bits per heavy atom. The summed E-state index contributed by atoms with van der Waals surface area (Å²) in [6, 6.07) is 2.00. The van der Waals surface area contributed by atoms with Gasteiger partial charge < -0.3 is 9.84 Å². The molecule has 2 N–H and O–H groups in total. The van der Waals surface area contributed by atoms with Crippen molar-refractivity contribution in [2.45, 2.75) is 31.7 Å². The van der Waals surface area contributed by atoms with Gasteiger partial charge in [0.15, 0.2) is 0 Å². The largest absolute Gasteiger partial charge is 0.383 e. The molecule has 1 fully saturated rings. The van der Waals surface area contributed by atoms with E-state index in [1.165, 1.54) is 25.3 Å². The summed E-state index contributed by atoms with van der Waals surface area (Å²) in [7, 11) is 0. The molecule has 0 aliphatic carbocycles. The normalized spacial score (nSPS) is 23.2. The summed E-state index contributed by atoms with van der Waals surface area (Å²) in [4.78, 5) is 10.8. The summed E-state index contributed by atoms with van der Waals surface area (Å²) in [5, 5.41) is 5.70. The van der Waals surface area contributed by atoms with Gasteiger partial charge in [-0.2, -0.15) is 5.16 Å². The minimum absolute atomic E-state index is 0.147. The van der Waals surface area contributed by atoms with Gasteiger partial charge in [0, 0.05) is 18.5 Å². The van der Waals surface area contributed by atoms with E-state index in [0.29, 0.717) is 6.04 Å². The van der Waals surface area contributed by atoms with Crippen LogP contribution < -0.4 is 10.9 Å². The molecule has 4 nitrogen and oxygen atoms in total. The highest BCUT2D eigenvalue weighted by molar-refractivity contribution is 4.97. The van der Waals surface area contributed by atoms with Gasteiger partial charge in [-0.15, -0.1) is 0 Å². The second kappa shape index (κ2) is 3.79. The Hall–Kier alpha value is -1.03. The van der Waals surface area contributed by atoms with Crippen LogP contribution in [0.25, 0.3) is 0 Å². The Balaban J connectivity index is 1.93. The standard InChI is InChI=1S/C9H14N2O2/c12-9-6-8(13-11-9)5-7-3-1-2-4-10-7/h6-7,10H,1-5H2,(H,11,12). The number of rotatable bonds is 2. The Morgan fingerprint density at radius 1 is 1.54 bits per heavy atom. The number of hydrogen-bond donors (Lipinski definition) is 2. The number of hydrogen-bond acceptors (Lipinski definition) is 3. The van der Waals surface area contributed by atoms with Crippen molar-refractivity contribution < 1.29 is 4.52 Å². The zero-order chi connectivity index (χ0) is 9.10. The molecule has 0 bridgehead atoms. The van der Waals surface area contributed by atoms with Crippen molar-refractivity contribution in [3.8, 4) is 0 Å². The molecule has 1 saturated heterocycles. The summed E-state index contributed by atoms with van der Waals surface area (Å²) in [6.45, 7) is 1.08.